The average molecular weight is 372 g/mol. The molecule has 1 aromatic carbocycles. The van der Waals surface area contributed by atoms with Gasteiger partial charge in [0.2, 0.25) is 21.8 Å². The number of rotatable bonds is 7. The fourth-order valence-corrected chi connectivity index (χ4v) is 2.77. The highest BCUT2D eigenvalue weighted by Crippen LogP contribution is 2.28. The molecule has 0 radical (unpaired) electrons. The lowest BCUT2D eigenvalue weighted by atomic mass is 10.2. The summed E-state index contributed by atoms with van der Waals surface area (Å²) in [4.78, 5) is 16.2. The van der Waals surface area contributed by atoms with E-state index in [0.29, 0.717) is 27.9 Å². The van der Waals surface area contributed by atoms with Crippen LogP contribution in [0.15, 0.2) is 28.7 Å². The maximum atomic E-state index is 11.9. The summed E-state index contributed by atoms with van der Waals surface area (Å²) < 4.78 is 30.3. The summed E-state index contributed by atoms with van der Waals surface area (Å²) in [6, 6.07) is 7.12. The van der Waals surface area contributed by atoms with Crippen LogP contribution in [0, 0.1) is 6.92 Å². The van der Waals surface area contributed by atoms with E-state index in [1.54, 1.807) is 25.1 Å². The van der Waals surface area contributed by atoms with Crippen molar-refractivity contribution < 1.29 is 17.6 Å². The quantitative estimate of drug-likeness (QED) is 0.768. The second kappa shape index (κ2) is 7.78. The Hall–Kier alpha value is -1.90. The lowest BCUT2D eigenvalue weighted by molar-refractivity contribution is -0.120. The van der Waals surface area contributed by atoms with Gasteiger partial charge in [-0.15, -0.1) is 0 Å². The van der Waals surface area contributed by atoms with Crippen LogP contribution in [0.1, 0.15) is 11.5 Å². The Kier molecular flexibility index (Phi) is 5.98. The minimum atomic E-state index is -3.35. The first-order valence-electron chi connectivity index (χ1n) is 7.21. The van der Waals surface area contributed by atoms with Crippen molar-refractivity contribution in [3.8, 4) is 11.5 Å². The third kappa shape index (κ3) is 4.80. The minimum Gasteiger partial charge on any atom is -0.441 e. The Balaban J connectivity index is 2.01. The monoisotopic (exact) mass is 371 g/mol. The van der Waals surface area contributed by atoms with Crippen molar-refractivity contribution in [2.45, 2.75) is 13.3 Å². The van der Waals surface area contributed by atoms with Crippen molar-refractivity contribution >= 4 is 27.5 Å². The summed E-state index contributed by atoms with van der Waals surface area (Å²) in [6.07, 6.45) is -0.000608. The number of hydrogen-bond donors (Lipinski definition) is 2. The van der Waals surface area contributed by atoms with Crippen LogP contribution in [-0.2, 0) is 21.2 Å². The number of oxazole rings is 1. The number of aryl methyl sites for hydroxylation is 1. The van der Waals surface area contributed by atoms with Crippen LogP contribution < -0.4 is 10.0 Å². The van der Waals surface area contributed by atoms with Gasteiger partial charge in [0.25, 0.3) is 0 Å². The average Bonchev–Trinajstić information content (AvgIpc) is 2.88. The third-order valence-corrected chi connectivity index (χ3v) is 5.02. The van der Waals surface area contributed by atoms with Crippen LogP contribution in [0.5, 0.6) is 0 Å². The SMILES string of the molecule is CNS(=O)(=O)CCNC(=O)Cc1nc(-c2ccccc2Cl)oc1C. The van der Waals surface area contributed by atoms with Crippen LogP contribution >= 0.6 is 11.6 Å². The highest BCUT2D eigenvalue weighted by Gasteiger charge is 2.16. The van der Waals surface area contributed by atoms with Crippen molar-refractivity contribution in [3.05, 3.63) is 40.7 Å². The second-order valence-electron chi connectivity index (χ2n) is 5.05. The van der Waals surface area contributed by atoms with Gasteiger partial charge in [-0.05, 0) is 26.1 Å². The standard InChI is InChI=1S/C15H18ClN3O4S/c1-10-13(9-14(20)18-7-8-24(21,22)17-2)19-15(23-10)11-5-3-4-6-12(11)16/h3-6,17H,7-9H2,1-2H3,(H,18,20). The zero-order chi connectivity index (χ0) is 17.7. The molecule has 2 N–H and O–H groups in total. The topological polar surface area (TPSA) is 101 Å². The molecule has 0 aliphatic carbocycles. The summed E-state index contributed by atoms with van der Waals surface area (Å²) >= 11 is 6.11. The summed E-state index contributed by atoms with van der Waals surface area (Å²) in [5, 5.41) is 3.05. The van der Waals surface area contributed by atoms with Crippen LogP contribution in [-0.4, -0.2) is 38.7 Å². The number of nitrogens with one attached hydrogen (secondary N) is 2. The van der Waals surface area contributed by atoms with Gasteiger partial charge in [-0.1, -0.05) is 23.7 Å². The number of aromatic nitrogens is 1. The van der Waals surface area contributed by atoms with Gasteiger partial charge < -0.3 is 9.73 Å². The Morgan fingerprint density at radius 2 is 2.04 bits per heavy atom. The summed E-state index contributed by atoms with van der Waals surface area (Å²) in [5.41, 5.74) is 1.13. The second-order valence-corrected chi connectivity index (χ2v) is 7.50. The molecule has 1 heterocycles. The van der Waals surface area contributed by atoms with E-state index in [1.165, 1.54) is 7.05 Å². The summed E-state index contributed by atoms with van der Waals surface area (Å²) in [5.74, 6) is 0.350. The predicted molar refractivity (Wildman–Crippen MR) is 91.2 cm³/mol. The van der Waals surface area contributed by atoms with E-state index < -0.39 is 10.0 Å². The minimum absolute atomic E-state index is 0.000608. The number of nitrogens with zero attached hydrogens (tertiary/aromatic N) is 1. The highest BCUT2D eigenvalue weighted by atomic mass is 35.5. The van der Waals surface area contributed by atoms with Crippen molar-refractivity contribution in [3.63, 3.8) is 0 Å². The molecule has 1 aromatic heterocycles. The lowest BCUT2D eigenvalue weighted by Crippen LogP contribution is -2.33. The summed E-state index contributed by atoms with van der Waals surface area (Å²) in [6.45, 7) is 1.73. The van der Waals surface area contributed by atoms with Crippen molar-refractivity contribution in [2.24, 2.45) is 0 Å². The van der Waals surface area contributed by atoms with Crippen LogP contribution in [0.3, 0.4) is 0 Å². The molecule has 0 atom stereocenters. The lowest BCUT2D eigenvalue weighted by Gasteiger charge is -2.04. The van der Waals surface area contributed by atoms with E-state index in [0.717, 1.165) is 0 Å². The third-order valence-electron chi connectivity index (χ3n) is 3.33. The molecule has 2 rings (SSSR count). The number of carbonyl (C=O) groups is 1. The van der Waals surface area contributed by atoms with Gasteiger partial charge in [0.05, 0.1) is 28.5 Å². The Morgan fingerprint density at radius 1 is 1.33 bits per heavy atom. The number of sulfonamides is 1. The zero-order valence-electron chi connectivity index (χ0n) is 13.3. The molecular weight excluding hydrogens is 354 g/mol. The van der Waals surface area contributed by atoms with Gasteiger partial charge in [-0.2, -0.15) is 0 Å². The Labute approximate surface area is 145 Å². The number of hydrogen-bond acceptors (Lipinski definition) is 5. The van der Waals surface area contributed by atoms with Gasteiger partial charge in [0, 0.05) is 6.54 Å². The van der Waals surface area contributed by atoms with Crippen LogP contribution in [0.2, 0.25) is 5.02 Å². The van der Waals surface area contributed by atoms with Crippen LogP contribution in [0.4, 0.5) is 0 Å². The van der Waals surface area contributed by atoms with E-state index in [9.17, 15) is 13.2 Å². The maximum Gasteiger partial charge on any atom is 0.228 e. The van der Waals surface area contributed by atoms with E-state index >= 15 is 0 Å². The van der Waals surface area contributed by atoms with E-state index in [2.05, 4.69) is 15.0 Å². The predicted octanol–water partition coefficient (Wildman–Crippen LogP) is 1.51. The van der Waals surface area contributed by atoms with E-state index in [1.807, 2.05) is 6.07 Å². The van der Waals surface area contributed by atoms with Gasteiger partial charge in [0.1, 0.15) is 5.76 Å². The molecule has 9 heteroatoms. The van der Waals surface area contributed by atoms with Crippen molar-refractivity contribution in [1.29, 1.82) is 0 Å². The van der Waals surface area contributed by atoms with Crippen molar-refractivity contribution in [1.82, 2.24) is 15.0 Å². The highest BCUT2D eigenvalue weighted by molar-refractivity contribution is 7.89. The Morgan fingerprint density at radius 3 is 2.71 bits per heavy atom. The molecule has 2 aromatic rings. The van der Waals surface area contributed by atoms with Gasteiger partial charge in [0.15, 0.2) is 0 Å². The van der Waals surface area contributed by atoms with Gasteiger partial charge in [-0.3, -0.25) is 4.79 Å². The van der Waals surface area contributed by atoms with Gasteiger partial charge in [-0.25, -0.2) is 18.1 Å². The molecule has 0 saturated carbocycles. The molecule has 0 spiro atoms. The first-order chi connectivity index (χ1) is 11.3. The molecule has 0 aliphatic rings. The number of carbonyl (C=O) groups excluding carboxylic acids is 1. The fourth-order valence-electron chi connectivity index (χ4n) is 1.98. The van der Waals surface area contributed by atoms with Crippen molar-refractivity contribution in [2.75, 3.05) is 19.3 Å². The molecule has 24 heavy (non-hydrogen) atoms. The van der Waals surface area contributed by atoms with Gasteiger partial charge >= 0.3 is 0 Å². The first kappa shape index (κ1) is 18.4. The molecule has 0 fully saturated rings. The smallest absolute Gasteiger partial charge is 0.228 e. The molecule has 130 valence electrons. The molecule has 0 saturated heterocycles. The maximum absolute atomic E-state index is 11.9. The number of benzene rings is 1. The zero-order valence-corrected chi connectivity index (χ0v) is 14.9. The molecule has 7 nitrogen and oxygen atoms in total. The molecular formula is C15H18ClN3O4S. The normalized spacial score (nSPS) is 11.5. The van der Waals surface area contributed by atoms with Crippen LogP contribution in [0.25, 0.3) is 11.5 Å². The number of halogens is 1. The Bertz CT molecular complexity index is 833. The molecule has 1 amide bonds. The molecule has 0 aliphatic heterocycles. The number of amides is 1. The fraction of sp³-hybridized carbons (Fsp3) is 0.333. The largest absolute Gasteiger partial charge is 0.441 e. The first-order valence-corrected chi connectivity index (χ1v) is 9.24. The van der Waals surface area contributed by atoms with E-state index in [-0.39, 0.29) is 24.6 Å². The molecule has 0 unspecified atom stereocenters. The van der Waals surface area contributed by atoms with E-state index in [4.69, 9.17) is 16.0 Å². The summed E-state index contributed by atoms with van der Waals surface area (Å²) in [7, 11) is -2.02. The molecule has 0 bridgehead atoms.